The van der Waals surface area contributed by atoms with Crippen LogP contribution in [-0.4, -0.2) is 38.4 Å². The Kier molecular flexibility index (Phi) is 10.8. The van der Waals surface area contributed by atoms with Crippen LogP contribution in [-0.2, 0) is 10.0 Å². The number of aryl methyl sites for hydroxylation is 1. The van der Waals surface area contributed by atoms with Gasteiger partial charge in [-0.3, -0.25) is 0 Å². The van der Waals surface area contributed by atoms with Gasteiger partial charge in [0.2, 0.25) is 10.0 Å². The average molecular weight is 435 g/mol. The van der Waals surface area contributed by atoms with Gasteiger partial charge < -0.3 is 10.6 Å². The summed E-state index contributed by atoms with van der Waals surface area (Å²) in [4.78, 5) is 12.6. The lowest BCUT2D eigenvalue weighted by atomic mass is 9.97. The van der Waals surface area contributed by atoms with E-state index in [-0.39, 0.29) is 26.8 Å². The number of hydrogen-bond donors (Lipinski definition) is 2. The minimum atomic E-state index is -3.47. The fourth-order valence-electron chi connectivity index (χ4n) is 4.07. The third kappa shape index (κ3) is 6.98. The van der Waals surface area contributed by atoms with Crippen LogP contribution in [0, 0.1) is 33.7 Å². The molecule has 7 heteroatoms. The summed E-state index contributed by atoms with van der Waals surface area (Å²) in [7, 11) is -3.47. The average Bonchev–Trinajstić information content (AvgIpc) is 3.12. The van der Waals surface area contributed by atoms with Gasteiger partial charge in [-0.15, -0.1) is 0 Å². The first-order valence-electron chi connectivity index (χ1n) is 10.4. The van der Waals surface area contributed by atoms with Gasteiger partial charge in [0.1, 0.15) is 0 Å². The van der Waals surface area contributed by atoms with E-state index in [4.69, 9.17) is 0 Å². The highest BCUT2D eigenvalue weighted by Gasteiger charge is 2.33. The van der Waals surface area contributed by atoms with Crippen molar-refractivity contribution in [2.75, 3.05) is 19.6 Å². The molecule has 1 aliphatic carbocycles. The van der Waals surface area contributed by atoms with E-state index in [0.717, 1.165) is 43.7 Å². The molecule has 2 aliphatic rings. The molecule has 167 valence electrons. The van der Waals surface area contributed by atoms with Crippen molar-refractivity contribution in [2.45, 2.75) is 63.2 Å². The van der Waals surface area contributed by atoms with Crippen molar-refractivity contribution in [3.8, 4) is 0 Å². The first-order chi connectivity index (χ1) is 13.5. The van der Waals surface area contributed by atoms with Crippen LogP contribution in [0.25, 0.3) is 0 Å². The topological polar surface area (TPSA) is 78.5 Å². The first-order valence-corrected chi connectivity index (χ1v) is 11.9. The Morgan fingerprint density at radius 3 is 2.37 bits per heavy atom. The second-order valence-corrected chi connectivity index (χ2v) is 9.90. The quantitative estimate of drug-likeness (QED) is 0.728. The number of rotatable bonds is 5. The Hall–Kier alpha value is -1.60. The number of carbonyl (C=O) groups excluding carboxylic acids is 1. The van der Waals surface area contributed by atoms with Crippen LogP contribution in [0.3, 0.4) is 0 Å². The van der Waals surface area contributed by atoms with Crippen LogP contribution in [0.1, 0.15) is 56.9 Å². The Morgan fingerprint density at radius 1 is 1.07 bits per heavy atom. The summed E-state index contributed by atoms with van der Waals surface area (Å²) in [5, 5.41) is 5.96. The lowest BCUT2D eigenvalue weighted by Gasteiger charge is -2.21. The zero-order valence-corrected chi connectivity index (χ0v) is 19.0. The van der Waals surface area contributed by atoms with Gasteiger partial charge in [-0.25, -0.2) is 13.2 Å². The van der Waals surface area contributed by atoms with Gasteiger partial charge >= 0.3 is 6.03 Å². The van der Waals surface area contributed by atoms with Crippen molar-refractivity contribution in [1.82, 2.24) is 14.9 Å². The van der Waals surface area contributed by atoms with Crippen molar-refractivity contribution in [3.63, 3.8) is 0 Å². The summed E-state index contributed by atoms with van der Waals surface area (Å²) < 4.78 is 27.3. The van der Waals surface area contributed by atoms with Crippen LogP contribution >= 0.6 is 0 Å². The molecule has 6 nitrogen and oxygen atoms in total. The molecule has 3 rings (SSSR count). The molecule has 1 aromatic rings. The smallest absolute Gasteiger partial charge is 0.315 e. The summed E-state index contributed by atoms with van der Waals surface area (Å²) in [6, 6.07) is 8.06. The normalized spacial score (nSPS) is 20.9. The molecular weight excluding hydrogens is 398 g/mol. The van der Waals surface area contributed by atoms with Gasteiger partial charge in [0, 0.05) is 19.6 Å². The Labute approximate surface area is 183 Å². The fourth-order valence-corrected chi connectivity index (χ4v) is 5.82. The van der Waals surface area contributed by atoms with Crippen LogP contribution in [0.5, 0.6) is 0 Å². The van der Waals surface area contributed by atoms with Crippen molar-refractivity contribution < 1.29 is 13.2 Å². The number of sulfonamides is 1. The highest BCUT2D eigenvalue weighted by atomic mass is 32.2. The van der Waals surface area contributed by atoms with E-state index in [2.05, 4.69) is 10.6 Å². The van der Waals surface area contributed by atoms with E-state index in [1.54, 1.807) is 16.4 Å². The molecule has 2 amide bonds. The molecule has 1 aliphatic heterocycles. The number of benzene rings is 1. The van der Waals surface area contributed by atoms with Crippen LogP contribution in [0.2, 0.25) is 0 Å². The van der Waals surface area contributed by atoms with E-state index in [1.165, 1.54) is 19.3 Å². The van der Waals surface area contributed by atoms with E-state index in [0.29, 0.717) is 24.5 Å². The molecule has 0 aromatic heterocycles. The van der Waals surface area contributed by atoms with Gasteiger partial charge in [-0.1, -0.05) is 65.2 Å². The molecule has 1 atom stereocenters. The lowest BCUT2D eigenvalue weighted by molar-refractivity contribution is 0.238. The standard InChI is InChI=1S/C21H32N3O3S.2CH2/c1-17-9-7-8-12-20(17)28(26,27)24-14-13-18(16-24)15-22-21(25)23-19-10-5-3-2-4-6-11-19;;/h7-9,12,18H,2-6,10-11,13-16H2,1H3,(H2,22,23,25);2*1H2. The molecule has 1 saturated heterocycles. The molecule has 2 fully saturated rings. The molecule has 5 radical (unpaired) electrons. The van der Waals surface area contributed by atoms with Gasteiger partial charge in [0.25, 0.3) is 0 Å². The van der Waals surface area contributed by atoms with Gasteiger partial charge in [-0.05, 0) is 43.7 Å². The zero-order chi connectivity index (χ0) is 20.0. The van der Waals surface area contributed by atoms with Gasteiger partial charge in [0.05, 0.1) is 10.9 Å². The van der Waals surface area contributed by atoms with Crippen molar-refractivity contribution in [1.29, 1.82) is 0 Å². The summed E-state index contributed by atoms with van der Waals surface area (Å²) >= 11 is 0. The van der Waals surface area contributed by atoms with Crippen molar-refractivity contribution in [2.24, 2.45) is 5.92 Å². The van der Waals surface area contributed by atoms with E-state index in [9.17, 15) is 13.2 Å². The monoisotopic (exact) mass is 434 g/mol. The van der Waals surface area contributed by atoms with E-state index >= 15 is 0 Å². The third-order valence-electron chi connectivity index (χ3n) is 5.76. The second-order valence-electron chi connectivity index (χ2n) is 7.99. The van der Waals surface area contributed by atoms with Crippen molar-refractivity contribution in [3.05, 3.63) is 50.7 Å². The maximum atomic E-state index is 12.9. The number of urea groups is 1. The Bertz CT molecular complexity index is 759. The van der Waals surface area contributed by atoms with Crippen LogP contribution in [0.15, 0.2) is 29.2 Å². The van der Waals surface area contributed by atoms with Gasteiger partial charge in [0.15, 0.2) is 0 Å². The van der Waals surface area contributed by atoms with Gasteiger partial charge in [-0.2, -0.15) is 4.31 Å². The first kappa shape index (κ1) is 26.4. The third-order valence-corrected chi connectivity index (χ3v) is 7.78. The molecule has 30 heavy (non-hydrogen) atoms. The summed E-state index contributed by atoms with van der Waals surface area (Å²) in [5.41, 5.74) is 0.764. The van der Waals surface area contributed by atoms with Crippen molar-refractivity contribution >= 4 is 16.1 Å². The summed E-state index contributed by atoms with van der Waals surface area (Å²) in [6.07, 6.45) is 8.76. The van der Waals surface area contributed by atoms with Crippen LogP contribution in [0.4, 0.5) is 4.79 Å². The predicted octanol–water partition coefficient (Wildman–Crippen LogP) is 4.24. The highest BCUT2D eigenvalue weighted by molar-refractivity contribution is 7.89. The molecule has 0 spiro atoms. The maximum Gasteiger partial charge on any atom is 0.315 e. The number of amides is 2. The molecule has 0 bridgehead atoms. The van der Waals surface area contributed by atoms with E-state index in [1.807, 2.05) is 19.1 Å². The van der Waals surface area contributed by atoms with E-state index < -0.39 is 10.0 Å². The molecule has 1 unspecified atom stereocenters. The second kappa shape index (κ2) is 12.3. The number of hydrogen-bond acceptors (Lipinski definition) is 3. The molecule has 1 saturated carbocycles. The lowest BCUT2D eigenvalue weighted by Crippen LogP contribution is -2.41. The predicted molar refractivity (Wildman–Crippen MR) is 121 cm³/mol. The zero-order valence-electron chi connectivity index (χ0n) is 18.2. The minimum absolute atomic E-state index is 0. The SMILES string of the molecule is Cc1ccccc1S(=O)(=O)N1CCC(CNC(=O)N[C]2CCCCCCC2)C1.[CH2].[CH2]. The fraction of sp³-hybridized carbons (Fsp3) is 0.565. The number of nitrogens with zero attached hydrogens (tertiary/aromatic N) is 1. The highest BCUT2D eigenvalue weighted by Crippen LogP contribution is 2.26. The number of nitrogens with one attached hydrogen (secondary N) is 2. The Balaban J connectivity index is 0.00000225. The Morgan fingerprint density at radius 2 is 1.70 bits per heavy atom. The summed E-state index contributed by atoms with van der Waals surface area (Å²) in [5.74, 6) is 0.145. The summed E-state index contributed by atoms with van der Waals surface area (Å²) in [6.45, 7) is 3.27. The largest absolute Gasteiger partial charge is 0.338 e. The molecule has 1 aromatic carbocycles. The maximum absolute atomic E-state index is 12.9. The molecular formula is C23H36N3O3S. The molecule has 2 N–H and O–H groups in total. The number of carbonyl (C=O) groups is 1. The molecule has 1 heterocycles. The van der Waals surface area contributed by atoms with Crippen LogP contribution < -0.4 is 10.6 Å². The minimum Gasteiger partial charge on any atom is -0.338 e.